The van der Waals surface area contributed by atoms with Crippen LogP contribution in [0.15, 0.2) is 29.3 Å². The lowest BCUT2D eigenvalue weighted by atomic mass is 9.92. The second kappa shape index (κ2) is 10.6. The fourth-order valence-corrected chi connectivity index (χ4v) is 3.33. The second-order valence-corrected chi connectivity index (χ2v) is 6.80. The summed E-state index contributed by atoms with van der Waals surface area (Å²) in [6.07, 6.45) is 1.29. The van der Waals surface area contributed by atoms with Crippen LogP contribution in [0.5, 0.6) is 0 Å². The number of benzene rings is 1. The monoisotopic (exact) mass is 458 g/mol. The van der Waals surface area contributed by atoms with Crippen LogP contribution in [-0.4, -0.2) is 43.4 Å². The van der Waals surface area contributed by atoms with Gasteiger partial charge in [0.05, 0.1) is 6.54 Å². The van der Waals surface area contributed by atoms with Crippen molar-refractivity contribution in [3.8, 4) is 0 Å². The predicted octanol–water partition coefficient (Wildman–Crippen LogP) is 3.11. The third-order valence-corrected chi connectivity index (χ3v) is 4.36. The molecule has 1 heterocycles. The molecule has 1 aliphatic heterocycles. The number of hydrogen-bond acceptors (Lipinski definition) is 2. The maximum atomic E-state index is 11.6. The number of carbonyl (C=O) groups is 1. The smallest absolute Gasteiger partial charge is 0.251 e. The first kappa shape index (κ1) is 21.7. The van der Waals surface area contributed by atoms with E-state index in [2.05, 4.69) is 36.3 Å². The Labute approximate surface area is 168 Å². The van der Waals surface area contributed by atoms with Gasteiger partial charge in [-0.15, -0.1) is 24.0 Å². The highest BCUT2D eigenvalue weighted by Gasteiger charge is 2.23. The number of nitrogens with zero attached hydrogens (tertiary/aromatic N) is 2. The molecule has 1 fully saturated rings. The Morgan fingerprint density at radius 1 is 1.20 bits per heavy atom. The molecule has 2 N–H and O–H groups in total. The maximum absolute atomic E-state index is 11.6. The number of hydrogen-bond donors (Lipinski definition) is 2. The van der Waals surface area contributed by atoms with E-state index in [-0.39, 0.29) is 29.9 Å². The van der Waals surface area contributed by atoms with Crippen LogP contribution >= 0.6 is 24.0 Å². The second-order valence-electron chi connectivity index (χ2n) is 6.80. The molecule has 1 saturated heterocycles. The van der Waals surface area contributed by atoms with Gasteiger partial charge in [0.15, 0.2) is 5.96 Å². The fourth-order valence-electron chi connectivity index (χ4n) is 3.33. The molecule has 6 heteroatoms. The summed E-state index contributed by atoms with van der Waals surface area (Å²) in [7, 11) is 1.64. The predicted molar refractivity (Wildman–Crippen MR) is 115 cm³/mol. The Morgan fingerprint density at radius 2 is 1.80 bits per heavy atom. The summed E-state index contributed by atoms with van der Waals surface area (Å²) < 4.78 is 0. The largest absolute Gasteiger partial charge is 0.357 e. The lowest BCUT2D eigenvalue weighted by Gasteiger charge is -2.37. The molecule has 0 spiro atoms. The minimum atomic E-state index is -0.0605. The van der Waals surface area contributed by atoms with Gasteiger partial charge in [-0.05, 0) is 42.9 Å². The van der Waals surface area contributed by atoms with Crippen LogP contribution in [0.2, 0.25) is 0 Å². The topological polar surface area (TPSA) is 56.7 Å². The van der Waals surface area contributed by atoms with Gasteiger partial charge in [0.1, 0.15) is 0 Å². The van der Waals surface area contributed by atoms with Crippen LogP contribution in [0.25, 0.3) is 0 Å². The van der Waals surface area contributed by atoms with Crippen molar-refractivity contribution in [2.45, 2.75) is 33.7 Å². The molecule has 0 bridgehead atoms. The van der Waals surface area contributed by atoms with E-state index in [0.717, 1.165) is 31.2 Å². The van der Waals surface area contributed by atoms with E-state index in [4.69, 9.17) is 4.99 Å². The number of nitrogens with one attached hydrogen (secondary N) is 2. The van der Waals surface area contributed by atoms with Gasteiger partial charge in [-0.3, -0.25) is 4.79 Å². The zero-order chi connectivity index (χ0) is 17.5. The minimum Gasteiger partial charge on any atom is -0.357 e. The Kier molecular flexibility index (Phi) is 9.24. The number of amides is 1. The van der Waals surface area contributed by atoms with Crippen LogP contribution in [0, 0.1) is 11.8 Å². The van der Waals surface area contributed by atoms with Crippen LogP contribution in [0.1, 0.15) is 43.1 Å². The number of rotatable bonds is 4. The number of piperidine rings is 1. The molecular formula is C19H31IN4O. The van der Waals surface area contributed by atoms with Gasteiger partial charge >= 0.3 is 0 Å². The zero-order valence-corrected chi connectivity index (χ0v) is 18.0. The number of halogens is 1. The molecule has 25 heavy (non-hydrogen) atoms. The molecule has 0 aliphatic carbocycles. The third kappa shape index (κ3) is 6.49. The van der Waals surface area contributed by atoms with E-state index in [9.17, 15) is 4.79 Å². The van der Waals surface area contributed by atoms with Crippen molar-refractivity contribution in [1.82, 2.24) is 15.5 Å². The lowest BCUT2D eigenvalue weighted by molar-refractivity contribution is 0.0963. The van der Waals surface area contributed by atoms with E-state index in [1.807, 2.05) is 24.3 Å². The van der Waals surface area contributed by atoms with Crippen LogP contribution in [0.4, 0.5) is 0 Å². The quantitative estimate of drug-likeness (QED) is 0.414. The average Bonchev–Trinajstić information content (AvgIpc) is 2.57. The lowest BCUT2D eigenvalue weighted by Crippen LogP contribution is -2.48. The van der Waals surface area contributed by atoms with E-state index >= 15 is 0 Å². The van der Waals surface area contributed by atoms with Crippen molar-refractivity contribution in [3.63, 3.8) is 0 Å². The summed E-state index contributed by atoms with van der Waals surface area (Å²) in [5.74, 6) is 2.33. The summed E-state index contributed by atoms with van der Waals surface area (Å²) in [6, 6.07) is 7.64. The summed E-state index contributed by atoms with van der Waals surface area (Å²) in [5.41, 5.74) is 1.78. The van der Waals surface area contributed by atoms with Crippen molar-refractivity contribution in [2.24, 2.45) is 16.8 Å². The summed E-state index contributed by atoms with van der Waals surface area (Å²) >= 11 is 0. The molecule has 0 radical (unpaired) electrons. The molecule has 2 unspecified atom stereocenters. The Bertz CT molecular complexity index is 563. The number of likely N-dealkylation sites (tertiary alicyclic amines) is 1. The van der Waals surface area contributed by atoms with Crippen LogP contribution in [-0.2, 0) is 6.54 Å². The third-order valence-electron chi connectivity index (χ3n) is 4.36. The maximum Gasteiger partial charge on any atom is 0.251 e. The molecule has 1 aromatic carbocycles. The van der Waals surface area contributed by atoms with Crippen molar-refractivity contribution >= 4 is 35.8 Å². The standard InChI is InChI=1S/C19H30N4O.HI/c1-5-21-19(23-12-14(2)10-15(3)13-23)22-11-16-6-8-17(9-7-16)18(24)20-4;/h6-9,14-15H,5,10-13H2,1-4H3,(H,20,24)(H,21,22);1H. The number of guanidine groups is 1. The SMILES string of the molecule is CCNC(=NCc1ccc(C(=O)NC)cc1)N1CC(C)CC(C)C1.I. The van der Waals surface area contributed by atoms with Gasteiger partial charge in [0, 0.05) is 32.2 Å². The molecular weight excluding hydrogens is 427 g/mol. The van der Waals surface area contributed by atoms with E-state index < -0.39 is 0 Å². The summed E-state index contributed by atoms with van der Waals surface area (Å²) in [6.45, 7) is 10.3. The minimum absolute atomic E-state index is 0. The number of carbonyl (C=O) groups excluding carboxylic acids is 1. The first-order valence-electron chi connectivity index (χ1n) is 8.87. The van der Waals surface area contributed by atoms with Crippen molar-refractivity contribution < 1.29 is 4.79 Å². The van der Waals surface area contributed by atoms with Gasteiger partial charge in [0.25, 0.3) is 5.91 Å². The highest BCUT2D eigenvalue weighted by atomic mass is 127. The molecule has 5 nitrogen and oxygen atoms in total. The van der Waals surface area contributed by atoms with Gasteiger partial charge in [-0.1, -0.05) is 26.0 Å². The van der Waals surface area contributed by atoms with Crippen LogP contribution < -0.4 is 10.6 Å². The highest BCUT2D eigenvalue weighted by molar-refractivity contribution is 14.0. The van der Waals surface area contributed by atoms with Crippen molar-refractivity contribution in [2.75, 3.05) is 26.7 Å². The van der Waals surface area contributed by atoms with E-state index in [1.54, 1.807) is 7.05 Å². The van der Waals surface area contributed by atoms with Crippen molar-refractivity contribution in [3.05, 3.63) is 35.4 Å². The molecule has 1 amide bonds. The molecule has 1 aliphatic rings. The first-order valence-corrected chi connectivity index (χ1v) is 8.87. The summed E-state index contributed by atoms with van der Waals surface area (Å²) in [5, 5.41) is 6.05. The van der Waals surface area contributed by atoms with Gasteiger partial charge < -0.3 is 15.5 Å². The fraction of sp³-hybridized carbons (Fsp3) is 0.579. The zero-order valence-electron chi connectivity index (χ0n) is 15.7. The molecule has 2 rings (SSSR count). The van der Waals surface area contributed by atoms with Gasteiger partial charge in [-0.25, -0.2) is 4.99 Å². The highest BCUT2D eigenvalue weighted by Crippen LogP contribution is 2.21. The van der Waals surface area contributed by atoms with Gasteiger partial charge in [0.2, 0.25) is 0 Å². The van der Waals surface area contributed by atoms with E-state index in [0.29, 0.717) is 23.9 Å². The normalized spacial score (nSPS) is 20.6. The van der Waals surface area contributed by atoms with Gasteiger partial charge in [-0.2, -0.15) is 0 Å². The van der Waals surface area contributed by atoms with E-state index in [1.165, 1.54) is 6.42 Å². The Hall–Kier alpha value is -1.31. The average molecular weight is 458 g/mol. The van der Waals surface area contributed by atoms with Crippen molar-refractivity contribution in [1.29, 1.82) is 0 Å². The number of aliphatic imine (C=N–C) groups is 1. The Morgan fingerprint density at radius 3 is 2.32 bits per heavy atom. The molecule has 0 aromatic heterocycles. The molecule has 1 aromatic rings. The van der Waals surface area contributed by atoms with Crippen LogP contribution in [0.3, 0.4) is 0 Å². The Balaban J connectivity index is 0.00000312. The molecule has 140 valence electrons. The molecule has 2 atom stereocenters. The summed E-state index contributed by atoms with van der Waals surface area (Å²) in [4.78, 5) is 18.8. The first-order chi connectivity index (χ1) is 11.5. The molecule has 0 saturated carbocycles.